The van der Waals surface area contributed by atoms with Gasteiger partial charge in [-0.05, 0) is 44.5 Å². The predicted octanol–water partition coefficient (Wildman–Crippen LogP) is 2.56. The van der Waals surface area contributed by atoms with Gasteiger partial charge in [0, 0.05) is 5.56 Å². The molecule has 2 N–H and O–H groups in total. The molecule has 0 saturated carbocycles. The molecule has 86 valence electrons. The number of ether oxygens (including phenoxy) is 1. The number of nitrogens with two attached hydrogens (primary N) is 1. The van der Waals surface area contributed by atoms with Gasteiger partial charge in [-0.1, -0.05) is 18.8 Å². The molecule has 1 aromatic rings. The molecule has 1 unspecified atom stereocenters. The van der Waals surface area contributed by atoms with Gasteiger partial charge in [0.1, 0.15) is 5.75 Å². The largest absolute Gasteiger partial charge is 0.491 e. The van der Waals surface area contributed by atoms with Crippen LogP contribution in [0.2, 0.25) is 0 Å². The fourth-order valence-corrected chi connectivity index (χ4v) is 1.17. The van der Waals surface area contributed by atoms with Crippen molar-refractivity contribution in [2.24, 2.45) is 5.73 Å². The Morgan fingerprint density at radius 3 is 2.38 bits per heavy atom. The molecule has 0 aliphatic rings. The van der Waals surface area contributed by atoms with Crippen LogP contribution in [0, 0.1) is 11.8 Å². The van der Waals surface area contributed by atoms with Crippen LogP contribution >= 0.6 is 0 Å². The fraction of sp³-hybridized carbons (Fsp3) is 0.429. The molecule has 0 aromatic heterocycles. The van der Waals surface area contributed by atoms with Crippen LogP contribution in [0.4, 0.5) is 0 Å². The SMILES string of the molecule is CCC(N)C#Cc1ccc(OC(C)C)cc1. The van der Waals surface area contributed by atoms with E-state index >= 15 is 0 Å². The van der Waals surface area contributed by atoms with Crippen LogP contribution in [-0.2, 0) is 0 Å². The minimum Gasteiger partial charge on any atom is -0.491 e. The van der Waals surface area contributed by atoms with Crippen LogP contribution in [0.15, 0.2) is 24.3 Å². The molecule has 2 nitrogen and oxygen atoms in total. The highest BCUT2D eigenvalue weighted by molar-refractivity contribution is 5.38. The molecule has 0 fully saturated rings. The first-order chi connectivity index (χ1) is 7.61. The van der Waals surface area contributed by atoms with Gasteiger partial charge in [0.2, 0.25) is 0 Å². The molecular formula is C14H19NO. The summed E-state index contributed by atoms with van der Waals surface area (Å²) in [4.78, 5) is 0. The van der Waals surface area contributed by atoms with E-state index in [4.69, 9.17) is 10.5 Å². The lowest BCUT2D eigenvalue weighted by molar-refractivity contribution is 0.242. The Bertz CT molecular complexity index is 370. The Morgan fingerprint density at radius 2 is 1.88 bits per heavy atom. The molecule has 1 rings (SSSR count). The highest BCUT2D eigenvalue weighted by atomic mass is 16.5. The van der Waals surface area contributed by atoms with Gasteiger partial charge in [0.25, 0.3) is 0 Å². The molecule has 16 heavy (non-hydrogen) atoms. The summed E-state index contributed by atoms with van der Waals surface area (Å²) in [6.07, 6.45) is 1.08. The number of hydrogen-bond acceptors (Lipinski definition) is 2. The molecule has 0 spiro atoms. The third-order valence-corrected chi connectivity index (χ3v) is 2.07. The zero-order valence-electron chi connectivity index (χ0n) is 10.2. The highest BCUT2D eigenvalue weighted by Gasteiger charge is 1.96. The summed E-state index contributed by atoms with van der Waals surface area (Å²) in [6.45, 7) is 6.04. The van der Waals surface area contributed by atoms with E-state index in [0.717, 1.165) is 17.7 Å². The van der Waals surface area contributed by atoms with Gasteiger partial charge in [-0.15, -0.1) is 0 Å². The van der Waals surface area contributed by atoms with Crippen molar-refractivity contribution in [1.29, 1.82) is 0 Å². The summed E-state index contributed by atoms with van der Waals surface area (Å²) in [6, 6.07) is 7.73. The second-order valence-electron chi connectivity index (χ2n) is 3.98. The van der Waals surface area contributed by atoms with Gasteiger partial charge >= 0.3 is 0 Å². The van der Waals surface area contributed by atoms with Crippen LogP contribution in [0.25, 0.3) is 0 Å². The number of hydrogen-bond donors (Lipinski definition) is 1. The molecule has 2 heteroatoms. The smallest absolute Gasteiger partial charge is 0.119 e. The van der Waals surface area contributed by atoms with Crippen molar-refractivity contribution in [3.05, 3.63) is 29.8 Å². The van der Waals surface area contributed by atoms with Gasteiger partial charge in [-0.2, -0.15) is 0 Å². The summed E-state index contributed by atoms with van der Waals surface area (Å²) >= 11 is 0. The molecule has 0 amide bonds. The predicted molar refractivity (Wildman–Crippen MR) is 67.4 cm³/mol. The van der Waals surface area contributed by atoms with Gasteiger partial charge in [-0.25, -0.2) is 0 Å². The average Bonchev–Trinajstić information content (AvgIpc) is 2.27. The maximum absolute atomic E-state index is 5.72. The Hall–Kier alpha value is -1.46. The van der Waals surface area contributed by atoms with E-state index in [-0.39, 0.29) is 12.1 Å². The topological polar surface area (TPSA) is 35.2 Å². The van der Waals surface area contributed by atoms with Crippen LogP contribution in [0.3, 0.4) is 0 Å². The average molecular weight is 217 g/mol. The third kappa shape index (κ3) is 4.37. The number of benzene rings is 1. The monoisotopic (exact) mass is 217 g/mol. The molecule has 1 atom stereocenters. The van der Waals surface area contributed by atoms with E-state index in [9.17, 15) is 0 Å². The molecule has 0 aliphatic carbocycles. The van der Waals surface area contributed by atoms with E-state index < -0.39 is 0 Å². The second-order valence-corrected chi connectivity index (χ2v) is 3.98. The Kier molecular flexibility index (Phi) is 4.88. The molecule has 0 saturated heterocycles. The molecule has 1 aromatic carbocycles. The first-order valence-corrected chi connectivity index (χ1v) is 5.65. The standard InChI is InChI=1S/C14H19NO/c1-4-13(15)8-5-12-6-9-14(10-7-12)16-11(2)3/h6-7,9-11,13H,4,15H2,1-3H3. The van der Waals surface area contributed by atoms with Gasteiger partial charge in [0.15, 0.2) is 0 Å². The van der Waals surface area contributed by atoms with Crippen LogP contribution < -0.4 is 10.5 Å². The van der Waals surface area contributed by atoms with E-state index in [1.807, 2.05) is 45.0 Å². The van der Waals surface area contributed by atoms with E-state index in [2.05, 4.69) is 11.8 Å². The highest BCUT2D eigenvalue weighted by Crippen LogP contribution is 2.13. The second kappa shape index (κ2) is 6.19. The minimum absolute atomic E-state index is 0.0356. The quantitative estimate of drug-likeness (QED) is 0.790. The van der Waals surface area contributed by atoms with E-state index in [0.29, 0.717) is 0 Å². The van der Waals surface area contributed by atoms with Crippen molar-refractivity contribution in [3.8, 4) is 17.6 Å². The lowest BCUT2D eigenvalue weighted by Crippen LogP contribution is -2.15. The van der Waals surface area contributed by atoms with Crippen molar-refractivity contribution >= 4 is 0 Å². The van der Waals surface area contributed by atoms with Crippen molar-refractivity contribution in [2.75, 3.05) is 0 Å². The Balaban J connectivity index is 2.66. The normalized spacial score (nSPS) is 11.8. The minimum atomic E-state index is -0.0356. The van der Waals surface area contributed by atoms with Crippen LogP contribution in [0.1, 0.15) is 32.8 Å². The lowest BCUT2D eigenvalue weighted by atomic mass is 10.2. The van der Waals surface area contributed by atoms with Gasteiger partial charge in [-0.3, -0.25) is 0 Å². The molecule has 0 radical (unpaired) electrons. The van der Waals surface area contributed by atoms with Crippen LogP contribution in [-0.4, -0.2) is 12.1 Å². The molecule has 0 heterocycles. The summed E-state index contributed by atoms with van der Waals surface area (Å²) in [5.41, 5.74) is 6.69. The first-order valence-electron chi connectivity index (χ1n) is 5.65. The van der Waals surface area contributed by atoms with Crippen molar-refractivity contribution in [2.45, 2.75) is 39.3 Å². The zero-order chi connectivity index (χ0) is 12.0. The molecular weight excluding hydrogens is 198 g/mol. The fourth-order valence-electron chi connectivity index (χ4n) is 1.17. The molecule has 0 aliphatic heterocycles. The first kappa shape index (κ1) is 12.6. The van der Waals surface area contributed by atoms with Crippen molar-refractivity contribution in [1.82, 2.24) is 0 Å². The van der Waals surface area contributed by atoms with Crippen molar-refractivity contribution < 1.29 is 4.74 Å². The molecule has 0 bridgehead atoms. The summed E-state index contributed by atoms with van der Waals surface area (Å²) in [5.74, 6) is 6.92. The van der Waals surface area contributed by atoms with Crippen LogP contribution in [0.5, 0.6) is 5.75 Å². The van der Waals surface area contributed by atoms with E-state index in [1.54, 1.807) is 0 Å². The zero-order valence-corrected chi connectivity index (χ0v) is 10.2. The van der Waals surface area contributed by atoms with E-state index in [1.165, 1.54) is 0 Å². The van der Waals surface area contributed by atoms with Gasteiger partial charge < -0.3 is 10.5 Å². The lowest BCUT2D eigenvalue weighted by Gasteiger charge is -2.08. The summed E-state index contributed by atoms with van der Waals surface area (Å²) in [7, 11) is 0. The summed E-state index contributed by atoms with van der Waals surface area (Å²) < 4.78 is 5.54. The Morgan fingerprint density at radius 1 is 1.25 bits per heavy atom. The Labute approximate surface area is 97.8 Å². The third-order valence-electron chi connectivity index (χ3n) is 2.07. The maximum atomic E-state index is 5.72. The summed E-state index contributed by atoms with van der Waals surface area (Å²) in [5, 5.41) is 0. The van der Waals surface area contributed by atoms with Crippen molar-refractivity contribution in [3.63, 3.8) is 0 Å². The number of rotatable bonds is 3. The maximum Gasteiger partial charge on any atom is 0.119 e. The van der Waals surface area contributed by atoms with Gasteiger partial charge in [0.05, 0.1) is 12.1 Å².